The molecule has 0 saturated carbocycles. The van der Waals surface area contributed by atoms with E-state index >= 15 is 0 Å². The standard InChI is InChI=1S/C21H24N2O3/c1-4-23-12-14(2)18-11-22-17(9-19(18)23)10-20(25)15-5-7-16(8-6-15)21(3,26)13-24/h5-9,11-12,24,26H,4,10,13H2,1-3H3/t21-/m0/s1. The van der Waals surface area contributed by atoms with Crippen LogP contribution in [0.15, 0.2) is 42.7 Å². The molecule has 0 aliphatic rings. The normalized spacial score (nSPS) is 13.7. The zero-order chi connectivity index (χ0) is 18.9. The Kier molecular flexibility index (Phi) is 4.94. The minimum Gasteiger partial charge on any atom is -0.393 e. The predicted molar refractivity (Wildman–Crippen MR) is 101 cm³/mol. The quantitative estimate of drug-likeness (QED) is 0.669. The number of carbonyl (C=O) groups is 1. The topological polar surface area (TPSA) is 75.4 Å². The third-order valence-corrected chi connectivity index (χ3v) is 4.84. The smallest absolute Gasteiger partial charge is 0.168 e. The number of carbonyl (C=O) groups excluding carboxylic acids is 1. The van der Waals surface area contributed by atoms with Gasteiger partial charge in [0.15, 0.2) is 5.78 Å². The number of nitrogens with zero attached hydrogens (tertiary/aromatic N) is 2. The number of aromatic nitrogens is 2. The summed E-state index contributed by atoms with van der Waals surface area (Å²) in [5.74, 6) is -0.0293. The average Bonchev–Trinajstić information content (AvgIpc) is 2.97. The van der Waals surface area contributed by atoms with Gasteiger partial charge in [0.05, 0.1) is 24.2 Å². The number of aliphatic hydroxyl groups excluding tert-OH is 1. The first-order valence-corrected chi connectivity index (χ1v) is 8.77. The first-order valence-electron chi connectivity index (χ1n) is 8.77. The van der Waals surface area contributed by atoms with E-state index in [0.29, 0.717) is 11.1 Å². The number of pyridine rings is 1. The maximum absolute atomic E-state index is 12.6. The highest BCUT2D eigenvalue weighted by Crippen LogP contribution is 2.23. The fourth-order valence-corrected chi connectivity index (χ4v) is 3.13. The molecule has 1 atom stereocenters. The molecule has 0 spiro atoms. The van der Waals surface area contributed by atoms with Crippen molar-refractivity contribution < 1.29 is 15.0 Å². The summed E-state index contributed by atoms with van der Waals surface area (Å²) < 4.78 is 2.16. The van der Waals surface area contributed by atoms with Gasteiger partial charge < -0.3 is 14.8 Å². The summed E-state index contributed by atoms with van der Waals surface area (Å²) in [7, 11) is 0. The molecule has 2 N–H and O–H groups in total. The highest BCUT2D eigenvalue weighted by Gasteiger charge is 2.22. The van der Waals surface area contributed by atoms with E-state index in [1.54, 1.807) is 24.3 Å². The van der Waals surface area contributed by atoms with Crippen molar-refractivity contribution in [3.8, 4) is 0 Å². The first-order chi connectivity index (χ1) is 12.4. The molecule has 0 aliphatic heterocycles. The van der Waals surface area contributed by atoms with Crippen LogP contribution in [0.2, 0.25) is 0 Å². The van der Waals surface area contributed by atoms with E-state index in [4.69, 9.17) is 0 Å². The summed E-state index contributed by atoms with van der Waals surface area (Å²) in [5.41, 5.74) is 2.84. The van der Waals surface area contributed by atoms with E-state index in [0.717, 1.165) is 23.1 Å². The Labute approximate surface area is 152 Å². The maximum atomic E-state index is 12.6. The molecule has 0 bridgehead atoms. The molecule has 2 heterocycles. The second-order valence-electron chi connectivity index (χ2n) is 6.90. The summed E-state index contributed by atoms with van der Waals surface area (Å²) in [6.45, 7) is 6.18. The number of benzene rings is 1. The number of aryl methyl sites for hydroxylation is 2. The van der Waals surface area contributed by atoms with E-state index in [9.17, 15) is 15.0 Å². The Bertz CT molecular complexity index is 940. The summed E-state index contributed by atoms with van der Waals surface area (Å²) >= 11 is 0. The van der Waals surface area contributed by atoms with Gasteiger partial charge in [-0.05, 0) is 38.0 Å². The molecule has 1 aromatic carbocycles. The fraction of sp³-hybridized carbons (Fsp3) is 0.333. The van der Waals surface area contributed by atoms with E-state index in [1.807, 2.05) is 12.3 Å². The molecule has 0 fully saturated rings. The molecule has 5 heteroatoms. The minimum absolute atomic E-state index is 0.0293. The maximum Gasteiger partial charge on any atom is 0.168 e. The molecule has 26 heavy (non-hydrogen) atoms. The number of aliphatic hydroxyl groups is 2. The Morgan fingerprint density at radius 1 is 1.27 bits per heavy atom. The molecular formula is C21H24N2O3. The fourth-order valence-electron chi connectivity index (χ4n) is 3.13. The molecule has 0 aliphatic carbocycles. The SMILES string of the molecule is CCn1cc(C)c2cnc(CC(=O)c3ccc([C@@](C)(O)CO)cc3)cc21. The van der Waals surface area contributed by atoms with Crippen LogP contribution in [0, 0.1) is 6.92 Å². The van der Waals surface area contributed by atoms with Gasteiger partial charge in [-0.1, -0.05) is 24.3 Å². The van der Waals surface area contributed by atoms with Crippen LogP contribution in [0.5, 0.6) is 0 Å². The van der Waals surface area contributed by atoms with E-state index in [1.165, 1.54) is 12.5 Å². The van der Waals surface area contributed by atoms with Crippen LogP contribution in [0.4, 0.5) is 0 Å². The van der Waals surface area contributed by atoms with Gasteiger partial charge in [0, 0.05) is 29.9 Å². The van der Waals surface area contributed by atoms with Gasteiger partial charge in [0.25, 0.3) is 0 Å². The summed E-state index contributed by atoms with van der Waals surface area (Å²) in [6.07, 6.45) is 4.16. The lowest BCUT2D eigenvalue weighted by atomic mass is 9.95. The first kappa shape index (κ1) is 18.3. The molecule has 0 saturated heterocycles. The van der Waals surface area contributed by atoms with Crippen molar-refractivity contribution in [2.24, 2.45) is 0 Å². The zero-order valence-corrected chi connectivity index (χ0v) is 15.4. The van der Waals surface area contributed by atoms with Gasteiger partial charge in [0.2, 0.25) is 0 Å². The van der Waals surface area contributed by atoms with Crippen LogP contribution in [0.1, 0.15) is 41.0 Å². The molecule has 5 nitrogen and oxygen atoms in total. The van der Waals surface area contributed by atoms with E-state index in [-0.39, 0.29) is 18.8 Å². The lowest BCUT2D eigenvalue weighted by Gasteiger charge is -2.20. The van der Waals surface area contributed by atoms with Crippen LogP contribution in [0.25, 0.3) is 10.9 Å². The van der Waals surface area contributed by atoms with E-state index < -0.39 is 5.60 Å². The molecule has 3 aromatic rings. The molecule has 0 unspecified atom stereocenters. The Balaban J connectivity index is 1.82. The van der Waals surface area contributed by atoms with Crippen molar-refractivity contribution >= 4 is 16.7 Å². The summed E-state index contributed by atoms with van der Waals surface area (Å²) in [4.78, 5) is 17.0. The molecule has 136 valence electrons. The third kappa shape index (κ3) is 3.41. The highest BCUT2D eigenvalue weighted by molar-refractivity contribution is 5.97. The van der Waals surface area contributed by atoms with Crippen molar-refractivity contribution in [1.82, 2.24) is 9.55 Å². The lowest BCUT2D eigenvalue weighted by molar-refractivity contribution is -0.00229. The van der Waals surface area contributed by atoms with Gasteiger partial charge in [-0.15, -0.1) is 0 Å². The Hall–Kier alpha value is -2.50. The van der Waals surface area contributed by atoms with Crippen molar-refractivity contribution in [3.63, 3.8) is 0 Å². The number of fused-ring (bicyclic) bond motifs is 1. The molecule has 3 rings (SSSR count). The van der Waals surface area contributed by atoms with E-state index in [2.05, 4.69) is 29.6 Å². The van der Waals surface area contributed by atoms with Crippen molar-refractivity contribution in [2.45, 2.75) is 39.3 Å². The van der Waals surface area contributed by atoms with Gasteiger partial charge in [-0.3, -0.25) is 9.78 Å². The zero-order valence-electron chi connectivity index (χ0n) is 15.4. The van der Waals surface area contributed by atoms with Crippen molar-refractivity contribution in [3.05, 3.63) is 65.1 Å². The van der Waals surface area contributed by atoms with Crippen LogP contribution >= 0.6 is 0 Å². The second kappa shape index (κ2) is 7.02. The molecule has 2 aromatic heterocycles. The van der Waals surface area contributed by atoms with Crippen molar-refractivity contribution in [1.29, 1.82) is 0 Å². The highest BCUT2D eigenvalue weighted by atomic mass is 16.3. The molecule has 0 amide bonds. The predicted octanol–water partition coefficient (Wildman–Crippen LogP) is 2.99. The number of Topliss-reactive ketones (excluding diaryl/α,β-unsaturated/α-hetero) is 1. The summed E-state index contributed by atoms with van der Waals surface area (Å²) in [5, 5.41) is 20.4. The largest absolute Gasteiger partial charge is 0.393 e. The third-order valence-electron chi connectivity index (χ3n) is 4.84. The summed E-state index contributed by atoms with van der Waals surface area (Å²) in [6, 6.07) is 8.68. The van der Waals surface area contributed by atoms with Crippen LogP contribution in [0.3, 0.4) is 0 Å². The van der Waals surface area contributed by atoms with Crippen LogP contribution in [-0.2, 0) is 18.6 Å². The number of hydrogen-bond donors (Lipinski definition) is 2. The number of ketones is 1. The Morgan fingerprint density at radius 3 is 2.58 bits per heavy atom. The van der Waals surface area contributed by atoms with Crippen LogP contribution in [-0.4, -0.2) is 32.2 Å². The number of rotatable bonds is 6. The Morgan fingerprint density at radius 2 is 1.96 bits per heavy atom. The minimum atomic E-state index is -1.31. The van der Waals surface area contributed by atoms with Gasteiger partial charge in [-0.2, -0.15) is 0 Å². The van der Waals surface area contributed by atoms with Gasteiger partial charge in [-0.25, -0.2) is 0 Å². The molecular weight excluding hydrogens is 328 g/mol. The monoisotopic (exact) mass is 352 g/mol. The van der Waals surface area contributed by atoms with Gasteiger partial charge >= 0.3 is 0 Å². The van der Waals surface area contributed by atoms with Crippen LogP contribution < -0.4 is 0 Å². The van der Waals surface area contributed by atoms with Crippen molar-refractivity contribution in [2.75, 3.05) is 6.61 Å². The average molecular weight is 352 g/mol. The molecule has 0 radical (unpaired) electrons. The second-order valence-corrected chi connectivity index (χ2v) is 6.90. The van der Waals surface area contributed by atoms with Gasteiger partial charge in [0.1, 0.15) is 5.60 Å². The lowest BCUT2D eigenvalue weighted by Crippen LogP contribution is -2.25. The number of hydrogen-bond acceptors (Lipinski definition) is 4.